The molecule has 2 amide bonds. The molecule has 106 valence electrons. The topological polar surface area (TPSA) is 84.2 Å². The van der Waals surface area contributed by atoms with E-state index in [-0.39, 0.29) is 18.4 Å². The van der Waals surface area contributed by atoms with Crippen molar-refractivity contribution in [2.75, 3.05) is 13.6 Å². The third-order valence-corrected chi connectivity index (χ3v) is 2.73. The van der Waals surface area contributed by atoms with Gasteiger partial charge in [0.1, 0.15) is 6.04 Å². The van der Waals surface area contributed by atoms with Crippen LogP contribution in [0.2, 0.25) is 0 Å². The SMILES string of the molecule is CNC(=O)C(C)NC(=O)c1cc(C)ccc1C#CCN. The Morgan fingerprint density at radius 3 is 2.70 bits per heavy atom. The minimum absolute atomic E-state index is 0.226. The maximum atomic E-state index is 12.2. The second-order valence-corrected chi connectivity index (χ2v) is 4.36. The Hall–Kier alpha value is -2.32. The monoisotopic (exact) mass is 273 g/mol. The van der Waals surface area contributed by atoms with Gasteiger partial charge in [0.25, 0.3) is 5.91 Å². The molecular weight excluding hydrogens is 254 g/mol. The molecule has 0 bridgehead atoms. The van der Waals surface area contributed by atoms with Crippen LogP contribution in [-0.2, 0) is 4.79 Å². The van der Waals surface area contributed by atoms with Crippen molar-refractivity contribution in [2.45, 2.75) is 19.9 Å². The van der Waals surface area contributed by atoms with Crippen LogP contribution < -0.4 is 16.4 Å². The molecule has 0 aromatic heterocycles. The summed E-state index contributed by atoms with van der Waals surface area (Å²) in [6, 6.07) is 4.78. The van der Waals surface area contributed by atoms with E-state index < -0.39 is 6.04 Å². The number of carbonyl (C=O) groups excluding carboxylic acids is 2. The number of nitrogens with two attached hydrogens (primary N) is 1. The average Bonchev–Trinajstić information content (AvgIpc) is 2.44. The van der Waals surface area contributed by atoms with Gasteiger partial charge in [0.05, 0.1) is 12.1 Å². The zero-order valence-electron chi connectivity index (χ0n) is 11.9. The minimum Gasteiger partial charge on any atom is -0.357 e. The van der Waals surface area contributed by atoms with Crippen molar-refractivity contribution in [2.24, 2.45) is 5.73 Å². The molecule has 0 aliphatic rings. The molecule has 5 heteroatoms. The zero-order chi connectivity index (χ0) is 15.1. The van der Waals surface area contributed by atoms with Crippen molar-refractivity contribution < 1.29 is 9.59 Å². The van der Waals surface area contributed by atoms with E-state index in [1.54, 1.807) is 19.1 Å². The normalized spacial score (nSPS) is 11.0. The van der Waals surface area contributed by atoms with Crippen LogP contribution in [0.1, 0.15) is 28.4 Å². The van der Waals surface area contributed by atoms with Gasteiger partial charge >= 0.3 is 0 Å². The number of amides is 2. The molecule has 0 aliphatic heterocycles. The fraction of sp³-hybridized carbons (Fsp3) is 0.333. The van der Waals surface area contributed by atoms with Crippen molar-refractivity contribution in [3.05, 3.63) is 34.9 Å². The molecule has 0 fully saturated rings. The van der Waals surface area contributed by atoms with E-state index in [1.807, 2.05) is 13.0 Å². The summed E-state index contributed by atoms with van der Waals surface area (Å²) >= 11 is 0. The molecule has 0 heterocycles. The summed E-state index contributed by atoms with van der Waals surface area (Å²) in [6.45, 7) is 3.74. The van der Waals surface area contributed by atoms with Crippen LogP contribution in [0.4, 0.5) is 0 Å². The predicted octanol–water partition coefficient (Wildman–Crippen LogP) is 0.170. The lowest BCUT2D eigenvalue weighted by Gasteiger charge is -2.13. The molecule has 0 aliphatic carbocycles. The third kappa shape index (κ3) is 4.11. The quantitative estimate of drug-likeness (QED) is 0.686. The van der Waals surface area contributed by atoms with Gasteiger partial charge in [-0.2, -0.15) is 0 Å². The summed E-state index contributed by atoms with van der Waals surface area (Å²) in [4.78, 5) is 23.7. The lowest BCUT2D eigenvalue weighted by Crippen LogP contribution is -2.43. The van der Waals surface area contributed by atoms with Crippen molar-refractivity contribution >= 4 is 11.8 Å². The summed E-state index contributed by atoms with van der Waals surface area (Å²) in [6.07, 6.45) is 0. The number of aryl methyl sites for hydroxylation is 1. The maximum Gasteiger partial charge on any atom is 0.253 e. The van der Waals surface area contributed by atoms with Crippen LogP contribution >= 0.6 is 0 Å². The second-order valence-electron chi connectivity index (χ2n) is 4.36. The van der Waals surface area contributed by atoms with Gasteiger partial charge in [0, 0.05) is 12.6 Å². The molecule has 1 aromatic carbocycles. The average molecular weight is 273 g/mol. The fourth-order valence-electron chi connectivity index (χ4n) is 1.66. The standard InChI is InChI=1S/C15H19N3O2/c1-10-6-7-12(5-4-8-16)13(9-10)15(20)18-11(2)14(19)17-3/h6-7,9,11H,8,16H2,1-3H3,(H,17,19)(H,18,20). The molecule has 1 aromatic rings. The van der Waals surface area contributed by atoms with E-state index in [9.17, 15) is 9.59 Å². The smallest absolute Gasteiger partial charge is 0.253 e. The maximum absolute atomic E-state index is 12.2. The molecule has 1 rings (SSSR count). The van der Waals surface area contributed by atoms with Gasteiger partial charge in [-0.3, -0.25) is 9.59 Å². The van der Waals surface area contributed by atoms with Crippen molar-refractivity contribution in [1.82, 2.24) is 10.6 Å². The van der Waals surface area contributed by atoms with E-state index >= 15 is 0 Å². The third-order valence-electron chi connectivity index (χ3n) is 2.73. The van der Waals surface area contributed by atoms with Crippen LogP contribution in [0.5, 0.6) is 0 Å². The highest BCUT2D eigenvalue weighted by atomic mass is 16.2. The first-order chi connectivity index (χ1) is 9.49. The van der Waals surface area contributed by atoms with Gasteiger partial charge in [-0.1, -0.05) is 23.5 Å². The summed E-state index contributed by atoms with van der Waals surface area (Å²) in [5, 5.41) is 5.12. The highest BCUT2D eigenvalue weighted by molar-refractivity contribution is 5.99. The van der Waals surface area contributed by atoms with E-state index in [4.69, 9.17) is 5.73 Å². The number of hydrogen-bond donors (Lipinski definition) is 3. The van der Waals surface area contributed by atoms with E-state index in [2.05, 4.69) is 22.5 Å². The molecule has 1 atom stereocenters. The Kier molecular flexibility index (Phi) is 5.75. The van der Waals surface area contributed by atoms with Crippen molar-refractivity contribution in [1.29, 1.82) is 0 Å². The van der Waals surface area contributed by atoms with E-state index in [0.717, 1.165) is 5.56 Å². The molecule has 0 spiro atoms. The largest absolute Gasteiger partial charge is 0.357 e. The number of carbonyl (C=O) groups is 2. The summed E-state index contributed by atoms with van der Waals surface area (Å²) < 4.78 is 0. The van der Waals surface area contributed by atoms with Crippen molar-refractivity contribution in [3.8, 4) is 11.8 Å². The molecule has 20 heavy (non-hydrogen) atoms. The first-order valence-electron chi connectivity index (χ1n) is 6.31. The van der Waals surface area contributed by atoms with Gasteiger partial charge in [-0.05, 0) is 26.0 Å². The molecule has 0 radical (unpaired) electrons. The molecule has 4 N–H and O–H groups in total. The number of nitrogens with one attached hydrogen (secondary N) is 2. The highest BCUT2D eigenvalue weighted by Crippen LogP contribution is 2.11. The van der Waals surface area contributed by atoms with Crippen LogP contribution in [0, 0.1) is 18.8 Å². The number of rotatable bonds is 3. The van der Waals surface area contributed by atoms with Gasteiger partial charge in [0.15, 0.2) is 0 Å². The van der Waals surface area contributed by atoms with Crippen LogP contribution in [-0.4, -0.2) is 31.4 Å². The van der Waals surface area contributed by atoms with Gasteiger partial charge in [-0.25, -0.2) is 0 Å². The van der Waals surface area contributed by atoms with Gasteiger partial charge in [-0.15, -0.1) is 0 Å². The lowest BCUT2D eigenvalue weighted by atomic mass is 10.0. The zero-order valence-corrected chi connectivity index (χ0v) is 11.9. The Morgan fingerprint density at radius 2 is 2.10 bits per heavy atom. The van der Waals surface area contributed by atoms with E-state index in [0.29, 0.717) is 11.1 Å². The van der Waals surface area contributed by atoms with Gasteiger partial charge in [0.2, 0.25) is 5.91 Å². The van der Waals surface area contributed by atoms with Crippen LogP contribution in [0.3, 0.4) is 0 Å². The molecule has 5 nitrogen and oxygen atoms in total. The van der Waals surface area contributed by atoms with Crippen LogP contribution in [0.25, 0.3) is 0 Å². The Bertz CT molecular complexity index is 570. The van der Waals surface area contributed by atoms with Crippen molar-refractivity contribution in [3.63, 3.8) is 0 Å². The molecule has 0 saturated heterocycles. The van der Waals surface area contributed by atoms with Gasteiger partial charge < -0.3 is 16.4 Å². The lowest BCUT2D eigenvalue weighted by molar-refractivity contribution is -0.122. The Labute approximate surface area is 118 Å². The number of hydrogen-bond acceptors (Lipinski definition) is 3. The molecular formula is C15H19N3O2. The first kappa shape index (κ1) is 15.7. The number of benzene rings is 1. The van der Waals surface area contributed by atoms with E-state index in [1.165, 1.54) is 7.05 Å². The summed E-state index contributed by atoms with van der Waals surface area (Å²) in [5.41, 5.74) is 7.33. The molecule has 1 unspecified atom stereocenters. The fourth-order valence-corrected chi connectivity index (χ4v) is 1.66. The summed E-state index contributed by atoms with van der Waals surface area (Å²) in [7, 11) is 1.52. The Balaban J connectivity index is 3.02. The Morgan fingerprint density at radius 1 is 1.40 bits per heavy atom. The first-order valence-corrected chi connectivity index (χ1v) is 6.31. The minimum atomic E-state index is -0.608. The van der Waals surface area contributed by atoms with Crippen LogP contribution in [0.15, 0.2) is 18.2 Å². The predicted molar refractivity (Wildman–Crippen MR) is 78.1 cm³/mol. The second kappa shape index (κ2) is 7.31. The molecule has 0 saturated carbocycles. The number of likely N-dealkylation sites (N-methyl/N-ethyl adjacent to an activating group) is 1. The highest BCUT2D eigenvalue weighted by Gasteiger charge is 2.17. The summed E-state index contributed by atoms with van der Waals surface area (Å²) in [5.74, 6) is 5.01.